The zero-order chi connectivity index (χ0) is 16.2. The summed E-state index contributed by atoms with van der Waals surface area (Å²) in [6.45, 7) is 0. The fraction of sp³-hybridized carbons (Fsp3) is 0.0625. The average molecular weight is 376 g/mol. The smallest absolute Gasteiger partial charge is 0.184 e. The topological polar surface area (TPSA) is 41.6 Å². The van der Waals surface area contributed by atoms with Crippen LogP contribution in [0.1, 0.15) is 11.1 Å². The normalized spacial score (nSPS) is 10.4. The largest absolute Gasteiger partial charge is 0.211 e. The standard InChI is InChI=1S/C16H10ClN3S3/c17-13-5-7-14(8-6-13)20-16(21)23-15(19-20)22-10-12-3-1-11(9-18)2-4-12/h1-8H,10H2. The molecule has 0 saturated carbocycles. The van der Waals surface area contributed by atoms with Crippen molar-refractivity contribution >= 4 is 46.9 Å². The third-order valence-electron chi connectivity index (χ3n) is 3.05. The number of nitriles is 1. The maximum Gasteiger partial charge on any atom is 0.184 e. The van der Waals surface area contributed by atoms with Crippen LogP contribution in [0.3, 0.4) is 0 Å². The Balaban J connectivity index is 1.74. The molecule has 0 saturated heterocycles. The highest BCUT2D eigenvalue weighted by Gasteiger charge is 2.07. The molecule has 0 aliphatic rings. The molecule has 1 heterocycles. The summed E-state index contributed by atoms with van der Waals surface area (Å²) in [5.41, 5.74) is 2.72. The molecule has 0 bridgehead atoms. The van der Waals surface area contributed by atoms with E-state index in [1.54, 1.807) is 16.4 Å². The molecular formula is C16H10ClN3S3. The van der Waals surface area contributed by atoms with Gasteiger partial charge < -0.3 is 0 Å². The van der Waals surface area contributed by atoms with Gasteiger partial charge in [0.05, 0.1) is 17.3 Å². The lowest BCUT2D eigenvalue weighted by atomic mass is 10.2. The molecular weight excluding hydrogens is 366 g/mol. The zero-order valence-electron chi connectivity index (χ0n) is 11.8. The number of nitrogens with zero attached hydrogens (tertiary/aromatic N) is 3. The van der Waals surface area contributed by atoms with Crippen LogP contribution in [-0.2, 0) is 5.75 Å². The summed E-state index contributed by atoms with van der Waals surface area (Å²) in [6.07, 6.45) is 0. The SMILES string of the molecule is N#Cc1ccc(CSc2nn(-c3ccc(Cl)cc3)c(=S)s2)cc1. The van der Waals surface area contributed by atoms with Gasteiger partial charge in [-0.1, -0.05) is 46.8 Å². The molecule has 3 aromatic rings. The van der Waals surface area contributed by atoms with E-state index in [-0.39, 0.29) is 0 Å². The van der Waals surface area contributed by atoms with Crippen LogP contribution in [0.4, 0.5) is 0 Å². The molecule has 0 atom stereocenters. The lowest BCUT2D eigenvalue weighted by molar-refractivity contribution is 0.829. The van der Waals surface area contributed by atoms with Crippen LogP contribution < -0.4 is 0 Å². The molecule has 0 amide bonds. The van der Waals surface area contributed by atoms with Gasteiger partial charge in [-0.3, -0.25) is 0 Å². The molecule has 1 aromatic heterocycles. The predicted molar refractivity (Wildman–Crippen MR) is 98.0 cm³/mol. The van der Waals surface area contributed by atoms with E-state index in [1.165, 1.54) is 11.3 Å². The van der Waals surface area contributed by atoms with Crippen molar-refractivity contribution < 1.29 is 0 Å². The minimum Gasteiger partial charge on any atom is -0.211 e. The Labute approximate surface area is 152 Å². The van der Waals surface area contributed by atoms with Crippen molar-refractivity contribution in [1.82, 2.24) is 9.78 Å². The van der Waals surface area contributed by atoms with Gasteiger partial charge in [0.25, 0.3) is 0 Å². The van der Waals surface area contributed by atoms with Crippen LogP contribution in [-0.4, -0.2) is 9.78 Å². The number of aromatic nitrogens is 2. The first kappa shape index (κ1) is 16.2. The highest BCUT2D eigenvalue weighted by Crippen LogP contribution is 2.27. The molecule has 0 aliphatic heterocycles. The second-order valence-electron chi connectivity index (χ2n) is 4.62. The monoisotopic (exact) mass is 375 g/mol. The van der Waals surface area contributed by atoms with Gasteiger partial charge in [0, 0.05) is 10.8 Å². The van der Waals surface area contributed by atoms with Crippen molar-refractivity contribution in [3.8, 4) is 11.8 Å². The highest BCUT2D eigenvalue weighted by atomic mass is 35.5. The van der Waals surface area contributed by atoms with Crippen molar-refractivity contribution in [2.24, 2.45) is 0 Å². The summed E-state index contributed by atoms with van der Waals surface area (Å²) in [7, 11) is 0. The van der Waals surface area contributed by atoms with Gasteiger partial charge in [-0.2, -0.15) is 5.26 Å². The van der Waals surface area contributed by atoms with E-state index in [0.29, 0.717) is 14.5 Å². The summed E-state index contributed by atoms with van der Waals surface area (Å²) in [4.78, 5) is 0. The molecule has 23 heavy (non-hydrogen) atoms. The first-order valence-electron chi connectivity index (χ1n) is 6.63. The second-order valence-corrected chi connectivity index (χ2v) is 7.90. The number of thioether (sulfide) groups is 1. The summed E-state index contributed by atoms with van der Waals surface area (Å²) in [5.74, 6) is 0.786. The van der Waals surface area contributed by atoms with Gasteiger partial charge >= 0.3 is 0 Å². The molecule has 0 spiro atoms. The number of rotatable bonds is 4. The van der Waals surface area contributed by atoms with Crippen LogP contribution in [0.25, 0.3) is 5.69 Å². The predicted octanol–water partition coefficient (Wildman–Crippen LogP) is 5.48. The Hall–Kier alpha value is -1.65. The Kier molecular flexibility index (Phi) is 5.13. The highest BCUT2D eigenvalue weighted by molar-refractivity contribution is 8.00. The summed E-state index contributed by atoms with van der Waals surface area (Å²) < 4.78 is 3.36. The molecule has 0 aliphatic carbocycles. The van der Waals surface area contributed by atoms with Crippen LogP contribution in [0, 0.1) is 15.3 Å². The molecule has 3 rings (SSSR count). The average Bonchev–Trinajstić information content (AvgIpc) is 2.95. The summed E-state index contributed by atoms with van der Waals surface area (Å²) in [5, 5.41) is 14.1. The number of hydrogen-bond acceptors (Lipinski definition) is 5. The van der Waals surface area contributed by atoms with Gasteiger partial charge in [0.15, 0.2) is 8.29 Å². The number of hydrogen-bond donors (Lipinski definition) is 0. The van der Waals surface area contributed by atoms with Crippen molar-refractivity contribution in [3.05, 3.63) is 68.6 Å². The van der Waals surface area contributed by atoms with Crippen LogP contribution >= 0.6 is 46.9 Å². The number of halogens is 1. The molecule has 3 nitrogen and oxygen atoms in total. The Morgan fingerprint density at radius 2 is 1.87 bits per heavy atom. The van der Waals surface area contributed by atoms with Gasteiger partial charge in [0.2, 0.25) is 0 Å². The van der Waals surface area contributed by atoms with Gasteiger partial charge in [-0.25, -0.2) is 4.68 Å². The van der Waals surface area contributed by atoms with Crippen molar-refractivity contribution in [3.63, 3.8) is 0 Å². The lowest BCUT2D eigenvalue weighted by Gasteiger charge is -2.01. The van der Waals surface area contributed by atoms with E-state index in [2.05, 4.69) is 11.2 Å². The quantitative estimate of drug-likeness (QED) is 0.447. The molecule has 0 fully saturated rings. The van der Waals surface area contributed by atoms with Crippen molar-refractivity contribution in [2.75, 3.05) is 0 Å². The first-order valence-corrected chi connectivity index (χ1v) is 9.22. The Bertz CT molecular complexity index is 905. The molecule has 0 unspecified atom stereocenters. The van der Waals surface area contributed by atoms with Crippen LogP contribution in [0.15, 0.2) is 52.9 Å². The summed E-state index contributed by atoms with van der Waals surface area (Å²) in [6, 6.07) is 17.1. The molecule has 2 aromatic carbocycles. The van der Waals surface area contributed by atoms with Gasteiger partial charge in [0.1, 0.15) is 0 Å². The molecule has 7 heteroatoms. The fourth-order valence-electron chi connectivity index (χ4n) is 1.89. The summed E-state index contributed by atoms with van der Waals surface area (Å²) >= 11 is 14.4. The van der Waals surface area contributed by atoms with E-state index >= 15 is 0 Å². The maximum absolute atomic E-state index is 8.81. The second kappa shape index (κ2) is 7.28. The van der Waals surface area contributed by atoms with E-state index in [4.69, 9.17) is 29.1 Å². The van der Waals surface area contributed by atoms with E-state index in [9.17, 15) is 0 Å². The van der Waals surface area contributed by atoms with Gasteiger partial charge in [-0.15, -0.1) is 5.10 Å². The number of benzene rings is 2. The van der Waals surface area contributed by atoms with E-state index < -0.39 is 0 Å². The zero-order valence-corrected chi connectivity index (χ0v) is 15.0. The van der Waals surface area contributed by atoms with E-state index in [0.717, 1.165) is 21.3 Å². The van der Waals surface area contributed by atoms with Crippen LogP contribution in [0.2, 0.25) is 5.02 Å². The minimum atomic E-state index is 0.668. The fourth-order valence-corrected chi connectivity index (χ4v) is 4.33. The third kappa shape index (κ3) is 4.01. The first-order chi connectivity index (χ1) is 11.2. The Morgan fingerprint density at radius 3 is 2.52 bits per heavy atom. The Morgan fingerprint density at radius 1 is 1.17 bits per heavy atom. The minimum absolute atomic E-state index is 0.668. The molecule has 114 valence electrons. The van der Waals surface area contributed by atoms with Crippen molar-refractivity contribution in [2.45, 2.75) is 10.1 Å². The van der Waals surface area contributed by atoms with E-state index in [1.807, 2.05) is 48.5 Å². The third-order valence-corrected chi connectivity index (χ3v) is 5.73. The maximum atomic E-state index is 8.81. The molecule has 0 N–H and O–H groups in total. The van der Waals surface area contributed by atoms with Gasteiger partial charge in [-0.05, 0) is 54.2 Å². The van der Waals surface area contributed by atoms with Crippen LogP contribution in [0.5, 0.6) is 0 Å². The lowest BCUT2D eigenvalue weighted by Crippen LogP contribution is -1.95. The molecule has 0 radical (unpaired) electrons. The van der Waals surface area contributed by atoms with Crippen molar-refractivity contribution in [1.29, 1.82) is 5.26 Å².